The highest BCUT2D eigenvalue weighted by atomic mass is 16.3. The van der Waals surface area contributed by atoms with E-state index < -0.39 is 0 Å². The first-order chi connectivity index (χ1) is 6.76. The van der Waals surface area contributed by atoms with Crippen LogP contribution in [0.1, 0.15) is 18.9 Å². The highest BCUT2D eigenvalue weighted by Crippen LogP contribution is 2.00. The smallest absolute Gasteiger partial charge is 0.239 e. The van der Waals surface area contributed by atoms with Crippen molar-refractivity contribution >= 4 is 5.91 Å². The van der Waals surface area contributed by atoms with Crippen LogP contribution in [-0.2, 0) is 17.9 Å². The zero-order chi connectivity index (χ0) is 10.4. The van der Waals surface area contributed by atoms with Crippen molar-refractivity contribution in [2.75, 3.05) is 6.54 Å². The van der Waals surface area contributed by atoms with Gasteiger partial charge in [0.25, 0.3) is 0 Å². The fraction of sp³-hybridized carbons (Fsp3) is 0.500. The summed E-state index contributed by atoms with van der Waals surface area (Å²) in [6, 6.07) is 1.80. The first kappa shape index (κ1) is 10.8. The number of amides is 1. The third kappa shape index (κ3) is 3.22. The average Bonchev–Trinajstić information content (AvgIpc) is 2.62. The molecule has 0 saturated heterocycles. The molecule has 0 fully saturated rings. The zero-order valence-electron chi connectivity index (χ0n) is 8.36. The lowest BCUT2D eigenvalue weighted by atomic mass is 10.4. The van der Waals surface area contributed by atoms with E-state index in [9.17, 15) is 4.79 Å². The average molecular weight is 196 g/mol. The van der Waals surface area contributed by atoms with E-state index in [0.29, 0.717) is 13.1 Å². The molecule has 78 valence electrons. The Morgan fingerprint density at radius 2 is 2.43 bits per heavy atom. The number of aliphatic hydroxyl groups is 1. The van der Waals surface area contributed by atoms with Gasteiger partial charge in [-0.1, -0.05) is 6.92 Å². The van der Waals surface area contributed by atoms with E-state index in [1.165, 1.54) is 0 Å². The zero-order valence-corrected chi connectivity index (χ0v) is 8.36. The van der Waals surface area contributed by atoms with Crippen LogP contribution in [-0.4, -0.2) is 22.1 Å². The number of carbonyl (C=O) groups excluding carboxylic acids is 1. The third-order valence-corrected chi connectivity index (χ3v) is 1.89. The number of nitrogens with zero attached hydrogens (tertiary/aromatic N) is 1. The van der Waals surface area contributed by atoms with E-state index in [2.05, 4.69) is 5.32 Å². The molecule has 0 bridgehead atoms. The summed E-state index contributed by atoms with van der Waals surface area (Å²) in [6.07, 6.45) is 4.50. The second kappa shape index (κ2) is 5.44. The van der Waals surface area contributed by atoms with Crippen LogP contribution in [0.25, 0.3) is 0 Å². The Morgan fingerprint density at radius 3 is 3.00 bits per heavy atom. The highest BCUT2D eigenvalue weighted by molar-refractivity contribution is 5.75. The molecule has 0 aromatic carbocycles. The Balaban J connectivity index is 2.39. The van der Waals surface area contributed by atoms with E-state index in [-0.39, 0.29) is 12.5 Å². The summed E-state index contributed by atoms with van der Waals surface area (Å²) < 4.78 is 1.76. The van der Waals surface area contributed by atoms with Crippen LogP contribution in [0.15, 0.2) is 18.5 Å². The summed E-state index contributed by atoms with van der Waals surface area (Å²) in [7, 11) is 0. The van der Waals surface area contributed by atoms with Crippen molar-refractivity contribution < 1.29 is 9.90 Å². The second-order valence-electron chi connectivity index (χ2n) is 3.20. The van der Waals surface area contributed by atoms with E-state index in [4.69, 9.17) is 5.11 Å². The fourth-order valence-electron chi connectivity index (χ4n) is 1.17. The van der Waals surface area contributed by atoms with Crippen molar-refractivity contribution in [3.05, 3.63) is 24.0 Å². The largest absolute Gasteiger partial charge is 0.392 e. The molecule has 0 radical (unpaired) electrons. The van der Waals surface area contributed by atoms with Gasteiger partial charge in [-0.25, -0.2) is 0 Å². The molecule has 1 aromatic rings. The van der Waals surface area contributed by atoms with Gasteiger partial charge in [-0.05, 0) is 18.1 Å². The van der Waals surface area contributed by atoms with E-state index >= 15 is 0 Å². The minimum atomic E-state index is 0.00643. The predicted molar refractivity (Wildman–Crippen MR) is 53.7 cm³/mol. The van der Waals surface area contributed by atoms with Gasteiger partial charge in [0, 0.05) is 18.9 Å². The molecule has 4 heteroatoms. The van der Waals surface area contributed by atoms with Gasteiger partial charge in [0.2, 0.25) is 5.91 Å². The number of aromatic nitrogens is 1. The molecule has 14 heavy (non-hydrogen) atoms. The van der Waals surface area contributed by atoms with Crippen LogP contribution in [0.5, 0.6) is 0 Å². The topological polar surface area (TPSA) is 54.3 Å². The lowest BCUT2D eigenvalue weighted by Crippen LogP contribution is -2.27. The minimum Gasteiger partial charge on any atom is -0.392 e. The third-order valence-electron chi connectivity index (χ3n) is 1.89. The molecule has 0 aliphatic carbocycles. The Labute approximate surface area is 83.5 Å². The Hall–Kier alpha value is -1.29. The molecule has 1 rings (SSSR count). The molecular weight excluding hydrogens is 180 g/mol. The molecule has 1 heterocycles. The first-order valence-electron chi connectivity index (χ1n) is 4.78. The SMILES string of the molecule is CCCNC(=O)Cn1ccc(CO)c1. The normalized spacial score (nSPS) is 10.1. The molecule has 1 aromatic heterocycles. The summed E-state index contributed by atoms with van der Waals surface area (Å²) in [5.74, 6) is 0.00643. The van der Waals surface area contributed by atoms with Crippen molar-refractivity contribution in [2.24, 2.45) is 0 Å². The van der Waals surface area contributed by atoms with Crippen LogP contribution in [0.2, 0.25) is 0 Å². The van der Waals surface area contributed by atoms with Crippen LogP contribution in [0, 0.1) is 0 Å². The minimum absolute atomic E-state index is 0.00643. The van der Waals surface area contributed by atoms with Crippen LogP contribution >= 0.6 is 0 Å². The predicted octanol–water partition coefficient (Wildman–Crippen LogP) is 0.507. The molecule has 0 aliphatic heterocycles. The van der Waals surface area contributed by atoms with E-state index in [1.54, 1.807) is 23.0 Å². The monoisotopic (exact) mass is 196 g/mol. The van der Waals surface area contributed by atoms with Gasteiger partial charge in [0.15, 0.2) is 0 Å². The highest BCUT2D eigenvalue weighted by Gasteiger charge is 2.01. The van der Waals surface area contributed by atoms with Gasteiger partial charge >= 0.3 is 0 Å². The van der Waals surface area contributed by atoms with Gasteiger partial charge < -0.3 is 15.0 Å². The molecule has 1 amide bonds. The van der Waals surface area contributed by atoms with Gasteiger partial charge in [0.1, 0.15) is 6.54 Å². The lowest BCUT2D eigenvalue weighted by Gasteiger charge is -2.03. The number of nitrogens with one attached hydrogen (secondary N) is 1. The summed E-state index contributed by atoms with van der Waals surface area (Å²) in [4.78, 5) is 11.3. The van der Waals surface area contributed by atoms with Crippen molar-refractivity contribution in [2.45, 2.75) is 26.5 Å². The number of carbonyl (C=O) groups is 1. The fourth-order valence-corrected chi connectivity index (χ4v) is 1.17. The first-order valence-corrected chi connectivity index (χ1v) is 4.78. The Morgan fingerprint density at radius 1 is 1.64 bits per heavy atom. The van der Waals surface area contributed by atoms with E-state index in [0.717, 1.165) is 12.0 Å². The van der Waals surface area contributed by atoms with Crippen LogP contribution in [0.3, 0.4) is 0 Å². The molecule has 0 spiro atoms. The van der Waals surface area contributed by atoms with Gasteiger partial charge in [-0.3, -0.25) is 4.79 Å². The number of rotatable bonds is 5. The number of aliphatic hydroxyl groups excluding tert-OH is 1. The van der Waals surface area contributed by atoms with Crippen molar-refractivity contribution in [1.29, 1.82) is 0 Å². The maximum absolute atomic E-state index is 11.3. The van der Waals surface area contributed by atoms with Crippen molar-refractivity contribution in [3.63, 3.8) is 0 Å². The lowest BCUT2D eigenvalue weighted by molar-refractivity contribution is -0.121. The summed E-state index contributed by atoms with van der Waals surface area (Å²) in [5, 5.41) is 11.6. The van der Waals surface area contributed by atoms with Gasteiger partial charge in [0.05, 0.1) is 6.61 Å². The van der Waals surface area contributed by atoms with Crippen molar-refractivity contribution in [3.8, 4) is 0 Å². The molecule has 0 aliphatic rings. The Kier molecular flexibility index (Phi) is 4.19. The molecule has 2 N–H and O–H groups in total. The standard InChI is InChI=1S/C10H16N2O2/c1-2-4-11-10(14)7-12-5-3-9(6-12)8-13/h3,5-6,13H,2,4,7-8H2,1H3,(H,11,14). The van der Waals surface area contributed by atoms with E-state index in [1.807, 2.05) is 6.92 Å². The van der Waals surface area contributed by atoms with Gasteiger partial charge in [-0.15, -0.1) is 0 Å². The molecule has 0 saturated carbocycles. The van der Waals surface area contributed by atoms with Crippen molar-refractivity contribution in [1.82, 2.24) is 9.88 Å². The summed E-state index contributed by atoms with van der Waals surface area (Å²) in [6.45, 7) is 3.07. The van der Waals surface area contributed by atoms with Gasteiger partial charge in [-0.2, -0.15) is 0 Å². The number of hydrogen-bond acceptors (Lipinski definition) is 2. The molecular formula is C10H16N2O2. The quantitative estimate of drug-likeness (QED) is 0.720. The maximum atomic E-state index is 11.3. The molecule has 4 nitrogen and oxygen atoms in total. The second-order valence-corrected chi connectivity index (χ2v) is 3.20. The number of hydrogen-bond donors (Lipinski definition) is 2. The summed E-state index contributed by atoms with van der Waals surface area (Å²) in [5.41, 5.74) is 0.827. The van der Waals surface area contributed by atoms with Crippen LogP contribution < -0.4 is 5.32 Å². The summed E-state index contributed by atoms with van der Waals surface area (Å²) >= 11 is 0. The Bertz CT molecular complexity index is 294. The molecule has 0 unspecified atom stereocenters. The molecule has 0 atom stereocenters. The maximum Gasteiger partial charge on any atom is 0.239 e. The van der Waals surface area contributed by atoms with Crippen LogP contribution in [0.4, 0.5) is 0 Å².